The zero-order valence-electron chi connectivity index (χ0n) is 10.5. The van der Waals surface area contributed by atoms with Crippen LogP contribution in [0.1, 0.15) is 10.4 Å². The number of carboxylic acids is 1. The Bertz CT molecular complexity index is 839. The highest BCUT2D eigenvalue weighted by molar-refractivity contribution is 6.32. The summed E-state index contributed by atoms with van der Waals surface area (Å²) in [6.07, 6.45) is 3.11. The van der Waals surface area contributed by atoms with Crippen LogP contribution in [0.3, 0.4) is 0 Å². The number of ether oxygens (including phenoxy) is 1. The van der Waals surface area contributed by atoms with Gasteiger partial charge < -0.3 is 9.84 Å². The first-order valence-electron chi connectivity index (χ1n) is 5.92. The lowest BCUT2D eigenvalue weighted by atomic mass is 10.2. The molecule has 1 aromatic carbocycles. The third-order valence-electron chi connectivity index (χ3n) is 2.70. The lowest BCUT2D eigenvalue weighted by molar-refractivity contribution is 0.0697. The number of aromatic carboxylic acids is 1. The molecule has 0 fully saturated rings. The molecule has 7 heteroatoms. The van der Waals surface area contributed by atoms with Gasteiger partial charge in [0, 0.05) is 18.5 Å². The Morgan fingerprint density at radius 3 is 2.71 bits per heavy atom. The zero-order chi connectivity index (χ0) is 14.8. The number of halogens is 1. The Morgan fingerprint density at radius 1 is 1.14 bits per heavy atom. The minimum absolute atomic E-state index is 0.0877. The van der Waals surface area contributed by atoms with Crippen LogP contribution in [-0.2, 0) is 0 Å². The van der Waals surface area contributed by atoms with Crippen molar-refractivity contribution in [1.29, 1.82) is 0 Å². The molecule has 21 heavy (non-hydrogen) atoms. The number of fused-ring (bicyclic) bond motifs is 1. The first kappa shape index (κ1) is 13.3. The quantitative estimate of drug-likeness (QED) is 0.799. The van der Waals surface area contributed by atoms with E-state index >= 15 is 0 Å². The van der Waals surface area contributed by atoms with E-state index in [2.05, 4.69) is 15.0 Å². The fraction of sp³-hybridized carbons (Fsp3) is 0. The summed E-state index contributed by atoms with van der Waals surface area (Å²) in [5, 5.41) is 9.07. The molecule has 1 N–H and O–H groups in total. The minimum atomic E-state index is -1.05. The SMILES string of the molecule is O=C(O)c1ccc(Oc2ccc3nccnc3n2)c(Cl)c1. The molecule has 104 valence electrons. The average Bonchev–Trinajstić information content (AvgIpc) is 2.49. The van der Waals surface area contributed by atoms with Crippen LogP contribution in [-0.4, -0.2) is 26.0 Å². The number of hydrogen-bond acceptors (Lipinski definition) is 5. The van der Waals surface area contributed by atoms with E-state index in [1.807, 2.05) is 0 Å². The summed E-state index contributed by atoms with van der Waals surface area (Å²) in [6.45, 7) is 0. The number of rotatable bonds is 3. The predicted molar refractivity (Wildman–Crippen MR) is 75.8 cm³/mol. The van der Waals surface area contributed by atoms with Crippen molar-refractivity contribution in [3.63, 3.8) is 0 Å². The lowest BCUT2D eigenvalue weighted by Crippen LogP contribution is -1.97. The second-order valence-electron chi connectivity index (χ2n) is 4.10. The van der Waals surface area contributed by atoms with E-state index in [1.165, 1.54) is 24.4 Å². The second kappa shape index (κ2) is 5.34. The van der Waals surface area contributed by atoms with Crippen molar-refractivity contribution in [2.24, 2.45) is 0 Å². The Hall–Kier alpha value is -2.73. The van der Waals surface area contributed by atoms with Crippen LogP contribution in [0.15, 0.2) is 42.7 Å². The highest BCUT2D eigenvalue weighted by Crippen LogP contribution is 2.29. The molecule has 3 rings (SSSR count). The van der Waals surface area contributed by atoms with Gasteiger partial charge >= 0.3 is 5.97 Å². The molecular formula is C14H8ClN3O3. The van der Waals surface area contributed by atoms with Crippen LogP contribution >= 0.6 is 11.6 Å². The van der Waals surface area contributed by atoms with Gasteiger partial charge in [-0.3, -0.25) is 4.98 Å². The van der Waals surface area contributed by atoms with Gasteiger partial charge in [-0.05, 0) is 24.3 Å². The maximum absolute atomic E-state index is 10.8. The van der Waals surface area contributed by atoms with Crippen molar-refractivity contribution >= 4 is 28.7 Å². The Balaban J connectivity index is 1.93. The number of nitrogens with zero attached hydrogens (tertiary/aromatic N) is 3. The smallest absolute Gasteiger partial charge is 0.335 e. The molecule has 0 atom stereocenters. The van der Waals surface area contributed by atoms with Crippen molar-refractivity contribution in [1.82, 2.24) is 15.0 Å². The molecule has 2 heterocycles. The third kappa shape index (κ3) is 2.75. The van der Waals surface area contributed by atoms with Gasteiger partial charge in [0.1, 0.15) is 11.3 Å². The molecule has 0 unspecified atom stereocenters. The highest BCUT2D eigenvalue weighted by atomic mass is 35.5. The Kier molecular flexibility index (Phi) is 3.37. The van der Waals surface area contributed by atoms with Gasteiger partial charge in [-0.1, -0.05) is 11.6 Å². The van der Waals surface area contributed by atoms with E-state index < -0.39 is 5.97 Å². The molecule has 0 radical (unpaired) electrons. The largest absolute Gasteiger partial charge is 0.478 e. The molecule has 0 aliphatic carbocycles. The minimum Gasteiger partial charge on any atom is -0.478 e. The van der Waals surface area contributed by atoms with E-state index in [-0.39, 0.29) is 10.6 Å². The van der Waals surface area contributed by atoms with Crippen molar-refractivity contribution in [3.8, 4) is 11.6 Å². The molecule has 0 aliphatic heterocycles. The van der Waals surface area contributed by atoms with E-state index in [4.69, 9.17) is 21.4 Å². The molecule has 0 bridgehead atoms. The predicted octanol–water partition coefficient (Wildman–Crippen LogP) is 3.17. The van der Waals surface area contributed by atoms with Crippen molar-refractivity contribution in [2.75, 3.05) is 0 Å². The normalized spacial score (nSPS) is 10.5. The van der Waals surface area contributed by atoms with E-state index in [0.29, 0.717) is 22.8 Å². The van der Waals surface area contributed by atoms with Crippen molar-refractivity contribution in [2.45, 2.75) is 0 Å². The molecule has 3 aromatic rings. The monoisotopic (exact) mass is 301 g/mol. The van der Waals surface area contributed by atoms with E-state index in [9.17, 15) is 4.79 Å². The van der Waals surface area contributed by atoms with Gasteiger partial charge in [0.2, 0.25) is 5.88 Å². The van der Waals surface area contributed by atoms with Gasteiger partial charge in [0.25, 0.3) is 0 Å². The maximum atomic E-state index is 10.8. The molecule has 0 aliphatic rings. The second-order valence-corrected chi connectivity index (χ2v) is 4.51. The van der Waals surface area contributed by atoms with Crippen LogP contribution in [0.25, 0.3) is 11.2 Å². The zero-order valence-corrected chi connectivity index (χ0v) is 11.3. The number of carboxylic acid groups (broad SMARTS) is 1. The molecule has 6 nitrogen and oxygen atoms in total. The van der Waals surface area contributed by atoms with Gasteiger partial charge in [0.05, 0.1) is 10.6 Å². The summed E-state index contributed by atoms with van der Waals surface area (Å²) < 4.78 is 5.55. The molecular weight excluding hydrogens is 294 g/mol. The van der Waals surface area contributed by atoms with E-state index in [0.717, 1.165) is 0 Å². The summed E-state index contributed by atoms with van der Waals surface area (Å²) >= 11 is 6.00. The topological polar surface area (TPSA) is 85.2 Å². The summed E-state index contributed by atoms with van der Waals surface area (Å²) in [4.78, 5) is 23.2. The standard InChI is InChI=1S/C14H8ClN3O3/c15-9-7-8(14(19)20)1-3-11(9)21-12-4-2-10-13(18-12)17-6-5-16-10/h1-7H,(H,19,20). The maximum Gasteiger partial charge on any atom is 0.335 e. The molecule has 0 saturated heterocycles. The molecule has 0 amide bonds. The van der Waals surface area contributed by atoms with Crippen molar-refractivity contribution < 1.29 is 14.6 Å². The summed E-state index contributed by atoms with van der Waals surface area (Å²) in [5.74, 6) is -0.437. The van der Waals surface area contributed by atoms with Gasteiger partial charge in [-0.15, -0.1) is 0 Å². The number of carbonyl (C=O) groups is 1. The summed E-state index contributed by atoms with van der Waals surface area (Å²) in [7, 11) is 0. The Morgan fingerprint density at radius 2 is 1.95 bits per heavy atom. The fourth-order valence-electron chi connectivity index (χ4n) is 1.72. The number of hydrogen-bond donors (Lipinski definition) is 1. The van der Waals surface area contributed by atoms with Gasteiger partial charge in [0.15, 0.2) is 5.65 Å². The fourth-order valence-corrected chi connectivity index (χ4v) is 1.94. The molecule has 0 spiro atoms. The van der Waals surface area contributed by atoms with Crippen LogP contribution < -0.4 is 4.74 Å². The molecule has 2 aromatic heterocycles. The van der Waals surface area contributed by atoms with Crippen LogP contribution in [0.4, 0.5) is 0 Å². The Labute approximate surface area is 124 Å². The first-order valence-corrected chi connectivity index (χ1v) is 6.30. The first-order chi connectivity index (χ1) is 10.1. The number of benzene rings is 1. The third-order valence-corrected chi connectivity index (χ3v) is 2.99. The highest BCUT2D eigenvalue weighted by Gasteiger charge is 2.10. The molecule has 0 saturated carbocycles. The van der Waals surface area contributed by atoms with Crippen LogP contribution in [0.2, 0.25) is 5.02 Å². The van der Waals surface area contributed by atoms with Crippen LogP contribution in [0.5, 0.6) is 11.6 Å². The average molecular weight is 302 g/mol. The van der Waals surface area contributed by atoms with Gasteiger partial charge in [-0.2, -0.15) is 4.98 Å². The number of pyridine rings is 1. The summed E-state index contributed by atoms with van der Waals surface area (Å²) in [5.41, 5.74) is 1.19. The van der Waals surface area contributed by atoms with Crippen molar-refractivity contribution in [3.05, 3.63) is 53.3 Å². The van der Waals surface area contributed by atoms with E-state index in [1.54, 1.807) is 18.3 Å². The van der Waals surface area contributed by atoms with Crippen LogP contribution in [0, 0.1) is 0 Å². The van der Waals surface area contributed by atoms with Gasteiger partial charge in [-0.25, -0.2) is 9.78 Å². The lowest BCUT2D eigenvalue weighted by Gasteiger charge is -2.07. The summed E-state index contributed by atoms with van der Waals surface area (Å²) in [6, 6.07) is 7.57. The number of aromatic nitrogens is 3.